The normalized spacial score (nSPS) is 15.4. The molecule has 434 valence electrons. The third kappa shape index (κ3) is 8.18. The van der Waals surface area contributed by atoms with Crippen LogP contribution in [0.2, 0.25) is 0 Å². The summed E-state index contributed by atoms with van der Waals surface area (Å²) in [6.45, 7) is 16.6. The molecule has 3 aliphatic heterocycles. The van der Waals surface area contributed by atoms with E-state index in [2.05, 4.69) is 336 Å². The summed E-state index contributed by atoms with van der Waals surface area (Å²) in [4.78, 5) is 7.99. The molecule has 12 aromatic carbocycles. The van der Waals surface area contributed by atoms with Crippen molar-refractivity contribution in [3.63, 3.8) is 0 Å². The van der Waals surface area contributed by atoms with Crippen LogP contribution in [0.5, 0.6) is 0 Å². The Morgan fingerprint density at radius 3 is 1.57 bits per heavy atom. The van der Waals surface area contributed by atoms with E-state index >= 15 is 0 Å². The Balaban J connectivity index is 0.997. The molecule has 0 radical (unpaired) electrons. The van der Waals surface area contributed by atoms with Gasteiger partial charge in [0.05, 0.1) is 21.5 Å². The van der Waals surface area contributed by atoms with Gasteiger partial charge in [0.15, 0.2) is 0 Å². The Morgan fingerprint density at radius 1 is 0.422 bits per heavy atom. The molecule has 17 rings (SSSR count). The van der Waals surface area contributed by atoms with Crippen molar-refractivity contribution in [2.24, 2.45) is 0 Å². The minimum absolute atomic E-state index is 0.000357. The lowest BCUT2D eigenvalue weighted by Gasteiger charge is -2.53. The molecule has 5 heteroatoms. The predicted molar refractivity (Wildman–Crippen MR) is 384 cm³/mol. The first-order chi connectivity index (χ1) is 43.8. The van der Waals surface area contributed by atoms with Crippen molar-refractivity contribution in [1.82, 2.24) is 0 Å². The fourth-order valence-corrected chi connectivity index (χ4v) is 17.3. The highest BCUT2D eigenvalue weighted by Crippen LogP contribution is 2.63. The molecule has 4 aliphatic rings. The SMILES string of the molecule is CC(C)(C)c1ccc(N(c2ccc(-c3ccccc3)cc2)c2ccc3c(c2)-c2cc4c(sc5ccccc54)c4c2B(c2cccc5c2N4c2cc4c(cc2C5(c2ccccc2)c2ccccc2)C(C)(C)CCC4(C)C)N3c2ccc(-c3ccccc3)cc2)cc1. The zero-order valence-electron chi connectivity index (χ0n) is 52.2. The molecule has 1 aromatic heterocycles. The lowest BCUT2D eigenvalue weighted by Crippen LogP contribution is -2.62. The van der Waals surface area contributed by atoms with Gasteiger partial charge in [-0.15, -0.1) is 11.3 Å². The van der Waals surface area contributed by atoms with Gasteiger partial charge in [-0.25, -0.2) is 0 Å². The highest BCUT2D eigenvalue weighted by molar-refractivity contribution is 7.26. The number of anilines is 8. The average Bonchev–Trinajstić information content (AvgIpc) is 0.852. The molecule has 3 nitrogen and oxygen atoms in total. The van der Waals surface area contributed by atoms with Crippen LogP contribution in [-0.4, -0.2) is 6.85 Å². The summed E-state index contributed by atoms with van der Waals surface area (Å²) in [5.41, 5.74) is 28.0. The van der Waals surface area contributed by atoms with Crippen LogP contribution in [0, 0.1) is 0 Å². The van der Waals surface area contributed by atoms with Gasteiger partial charge in [-0.05, 0) is 180 Å². The quantitative estimate of drug-likeness (QED) is 0.140. The summed E-state index contributed by atoms with van der Waals surface area (Å²) in [7, 11) is 0. The van der Waals surface area contributed by atoms with Gasteiger partial charge in [0.1, 0.15) is 0 Å². The number of thiophene rings is 1. The number of hydrogen-bond donors (Lipinski definition) is 0. The number of rotatable bonds is 8. The van der Waals surface area contributed by atoms with E-state index in [1.165, 1.54) is 126 Å². The van der Waals surface area contributed by atoms with Gasteiger partial charge in [-0.1, -0.05) is 249 Å². The van der Waals surface area contributed by atoms with E-state index in [0.29, 0.717) is 0 Å². The molecular formula is C85H70BN3S. The maximum atomic E-state index is 2.80. The lowest BCUT2D eigenvalue weighted by atomic mass is 9.42. The standard InChI is InChI=1S/C85H70BN3S/c1-82(2,3)59-39-45-63(46-40-59)87(62-41-35-57(36-42-62)55-23-12-8-13-24-55)65-47-48-75-67(51-65)68-52-69-66-31-20-21-34-77(66)90-81(69)80-78(68)86(89(75)64-43-37-58(38-44-64)56-25-14-9-15-26-56)74-33-22-32-70-79(74)88(80)76-54-72-71(83(4,5)49-50-84(72,6)7)53-73(76)85(70,60-27-16-10-17-28-60)61-29-18-11-19-30-61/h8-48,51-54H,49-50H2,1-7H3. The van der Waals surface area contributed by atoms with Gasteiger partial charge in [0, 0.05) is 55.2 Å². The first-order valence-electron chi connectivity index (χ1n) is 32.1. The predicted octanol–water partition coefficient (Wildman–Crippen LogP) is 21.9. The van der Waals surface area contributed by atoms with Crippen LogP contribution in [0.1, 0.15) is 100 Å². The van der Waals surface area contributed by atoms with E-state index in [-0.39, 0.29) is 23.1 Å². The second-order valence-corrected chi connectivity index (χ2v) is 28.9. The summed E-state index contributed by atoms with van der Waals surface area (Å²) in [6, 6.07) is 104. The van der Waals surface area contributed by atoms with Crippen molar-refractivity contribution >= 4 is 94.8 Å². The summed E-state index contributed by atoms with van der Waals surface area (Å²) in [5.74, 6) is 0. The molecule has 0 bridgehead atoms. The largest absolute Gasteiger partial charge is 0.376 e. The Kier molecular flexibility index (Phi) is 12.2. The molecule has 0 fully saturated rings. The van der Waals surface area contributed by atoms with Gasteiger partial charge in [0.2, 0.25) is 0 Å². The van der Waals surface area contributed by atoms with Crippen LogP contribution in [0.4, 0.5) is 45.5 Å². The van der Waals surface area contributed by atoms with Crippen LogP contribution in [0.15, 0.2) is 273 Å². The number of nitrogens with zero attached hydrogens (tertiary/aromatic N) is 3. The minimum atomic E-state index is -0.682. The van der Waals surface area contributed by atoms with Gasteiger partial charge in [-0.3, -0.25) is 0 Å². The van der Waals surface area contributed by atoms with E-state index in [9.17, 15) is 0 Å². The molecular weight excluding hydrogens is 1110 g/mol. The molecule has 0 saturated heterocycles. The Bertz CT molecular complexity index is 4930. The van der Waals surface area contributed by atoms with Crippen LogP contribution in [0.25, 0.3) is 53.6 Å². The van der Waals surface area contributed by atoms with Crippen LogP contribution < -0.4 is 25.5 Å². The first-order valence-corrected chi connectivity index (χ1v) is 33.0. The topological polar surface area (TPSA) is 9.72 Å². The van der Waals surface area contributed by atoms with E-state index in [1.54, 1.807) is 0 Å². The molecule has 90 heavy (non-hydrogen) atoms. The van der Waals surface area contributed by atoms with Gasteiger partial charge < -0.3 is 14.6 Å². The molecule has 0 N–H and O–H groups in total. The maximum Gasteiger partial charge on any atom is 0.333 e. The highest BCUT2D eigenvalue weighted by Gasteiger charge is 2.55. The first kappa shape index (κ1) is 54.5. The molecule has 0 atom stereocenters. The summed E-state index contributed by atoms with van der Waals surface area (Å²) in [5, 5.41) is 2.58. The number of fused-ring (bicyclic) bond motifs is 11. The summed E-state index contributed by atoms with van der Waals surface area (Å²) < 4.78 is 2.61. The summed E-state index contributed by atoms with van der Waals surface area (Å²) in [6.07, 6.45) is 2.24. The van der Waals surface area contributed by atoms with Crippen molar-refractivity contribution in [2.75, 3.05) is 14.6 Å². The highest BCUT2D eigenvalue weighted by atomic mass is 32.1. The van der Waals surface area contributed by atoms with Crippen LogP contribution >= 0.6 is 11.3 Å². The minimum Gasteiger partial charge on any atom is -0.376 e. The van der Waals surface area contributed by atoms with E-state index in [0.717, 1.165) is 35.6 Å². The fourth-order valence-electron chi connectivity index (χ4n) is 16.0. The third-order valence-corrected chi connectivity index (χ3v) is 21.9. The van der Waals surface area contributed by atoms with Gasteiger partial charge in [0.25, 0.3) is 0 Å². The van der Waals surface area contributed by atoms with Gasteiger partial charge in [-0.2, -0.15) is 0 Å². The molecule has 13 aromatic rings. The molecule has 4 heterocycles. The van der Waals surface area contributed by atoms with Crippen molar-refractivity contribution in [3.05, 3.63) is 312 Å². The summed E-state index contributed by atoms with van der Waals surface area (Å²) >= 11 is 1.96. The van der Waals surface area contributed by atoms with Crippen LogP contribution in [0.3, 0.4) is 0 Å². The van der Waals surface area contributed by atoms with E-state index in [1.807, 2.05) is 11.3 Å². The number of hydrogen-bond acceptors (Lipinski definition) is 4. The monoisotopic (exact) mass is 1180 g/mol. The molecule has 1 aliphatic carbocycles. The average molecular weight is 1180 g/mol. The lowest BCUT2D eigenvalue weighted by molar-refractivity contribution is 0.331. The Morgan fingerprint density at radius 2 is 0.956 bits per heavy atom. The van der Waals surface area contributed by atoms with Crippen molar-refractivity contribution in [1.29, 1.82) is 0 Å². The van der Waals surface area contributed by atoms with Crippen molar-refractivity contribution in [3.8, 4) is 33.4 Å². The van der Waals surface area contributed by atoms with E-state index < -0.39 is 5.41 Å². The number of para-hydroxylation sites is 1. The fraction of sp³-hybridized carbons (Fsp3) is 0.153. The third-order valence-electron chi connectivity index (χ3n) is 20.7. The van der Waals surface area contributed by atoms with E-state index in [4.69, 9.17) is 0 Å². The smallest absolute Gasteiger partial charge is 0.333 e. The van der Waals surface area contributed by atoms with Crippen molar-refractivity contribution < 1.29 is 0 Å². The Labute approximate surface area is 534 Å². The van der Waals surface area contributed by atoms with Gasteiger partial charge >= 0.3 is 6.85 Å². The zero-order valence-corrected chi connectivity index (χ0v) is 53.0. The molecule has 0 unspecified atom stereocenters. The Hall–Kier alpha value is -9.68. The molecule has 0 amide bonds. The molecule has 0 saturated carbocycles. The molecule has 0 spiro atoms. The second-order valence-electron chi connectivity index (χ2n) is 27.8. The maximum absolute atomic E-state index is 2.80. The zero-order chi connectivity index (χ0) is 60.8. The second kappa shape index (κ2) is 20.2. The van der Waals surface area contributed by atoms with Crippen LogP contribution in [-0.2, 0) is 21.7 Å². The number of benzene rings is 12. The van der Waals surface area contributed by atoms with Crippen molar-refractivity contribution in [2.45, 2.75) is 83.0 Å².